The van der Waals surface area contributed by atoms with Gasteiger partial charge < -0.3 is 4.90 Å². The van der Waals surface area contributed by atoms with E-state index in [1.165, 1.54) is 18.6 Å². The first kappa shape index (κ1) is 21.8. The van der Waals surface area contributed by atoms with Crippen LogP contribution in [0, 0.1) is 5.92 Å². The second-order valence-electron chi connectivity index (χ2n) is 8.92. The maximum Gasteiger partial charge on any atom is 0.416 e. The van der Waals surface area contributed by atoms with Gasteiger partial charge in [-0.25, -0.2) is 0 Å². The van der Waals surface area contributed by atoms with Gasteiger partial charge in [0.2, 0.25) is 5.91 Å². The average Bonchev–Trinajstić information content (AvgIpc) is 2.79. The van der Waals surface area contributed by atoms with Gasteiger partial charge in [-0.1, -0.05) is 43.5 Å². The standard InChI is InChI=1S/C25H29F3N2O/c26-25(27,28)22-10-4-6-18(15-22)14-19-11-12-23(29-16-19)21-9-5-13-30(17-21)24(31)20-7-2-1-3-8-20/h4,6,10-12,15-16,20-21H,1-3,5,7-9,13-14,17H2/t21-/m0/s1. The summed E-state index contributed by atoms with van der Waals surface area (Å²) in [6, 6.07) is 9.36. The van der Waals surface area contributed by atoms with Crippen molar-refractivity contribution in [3.8, 4) is 0 Å². The third-order valence-electron chi connectivity index (χ3n) is 6.62. The summed E-state index contributed by atoms with van der Waals surface area (Å²) in [6.07, 6.45) is 5.41. The second-order valence-corrected chi connectivity index (χ2v) is 8.92. The molecule has 0 radical (unpaired) electrons. The summed E-state index contributed by atoms with van der Waals surface area (Å²) >= 11 is 0. The number of likely N-dealkylation sites (tertiary alicyclic amines) is 1. The molecule has 0 spiro atoms. The first-order valence-corrected chi connectivity index (χ1v) is 11.3. The molecule has 2 aliphatic rings. The molecule has 1 atom stereocenters. The predicted octanol–water partition coefficient (Wildman–Crippen LogP) is 5.98. The zero-order valence-electron chi connectivity index (χ0n) is 17.7. The number of hydrogen-bond donors (Lipinski definition) is 0. The fourth-order valence-electron chi connectivity index (χ4n) is 4.90. The third kappa shape index (κ3) is 5.46. The summed E-state index contributed by atoms with van der Waals surface area (Å²) in [6.45, 7) is 1.55. The van der Waals surface area contributed by atoms with E-state index in [1.807, 2.05) is 17.0 Å². The summed E-state index contributed by atoms with van der Waals surface area (Å²) in [5.41, 5.74) is 1.84. The number of hydrogen-bond acceptors (Lipinski definition) is 2. The molecule has 0 unspecified atom stereocenters. The van der Waals surface area contributed by atoms with Crippen LogP contribution in [0.5, 0.6) is 0 Å². The van der Waals surface area contributed by atoms with Crippen molar-refractivity contribution in [2.45, 2.75) is 63.5 Å². The number of nitrogens with zero attached hydrogens (tertiary/aromatic N) is 2. The van der Waals surface area contributed by atoms with E-state index in [9.17, 15) is 18.0 Å². The van der Waals surface area contributed by atoms with E-state index in [-0.39, 0.29) is 11.8 Å². The molecule has 6 heteroatoms. The Labute approximate surface area is 181 Å². The molecule has 166 valence electrons. The molecule has 2 fully saturated rings. The lowest BCUT2D eigenvalue weighted by atomic mass is 9.86. The summed E-state index contributed by atoms with van der Waals surface area (Å²) in [5, 5.41) is 0. The Kier molecular flexibility index (Phi) is 6.63. The SMILES string of the molecule is O=C(C1CCCCC1)N1CCC[C@H](c2ccc(Cc3cccc(C(F)(F)F)c3)cn2)C1. The summed E-state index contributed by atoms with van der Waals surface area (Å²) in [7, 11) is 0. The van der Waals surface area contributed by atoms with Crippen LogP contribution in [-0.4, -0.2) is 28.9 Å². The molecule has 1 aromatic heterocycles. The number of benzene rings is 1. The number of carbonyl (C=O) groups is 1. The van der Waals surface area contributed by atoms with Gasteiger partial charge in [0.25, 0.3) is 0 Å². The predicted molar refractivity (Wildman–Crippen MR) is 114 cm³/mol. The summed E-state index contributed by atoms with van der Waals surface area (Å²) in [5.74, 6) is 0.727. The quantitative estimate of drug-likeness (QED) is 0.598. The number of carbonyl (C=O) groups excluding carboxylic acids is 1. The van der Waals surface area contributed by atoms with Crippen molar-refractivity contribution in [2.24, 2.45) is 5.92 Å². The molecule has 1 saturated heterocycles. The highest BCUT2D eigenvalue weighted by atomic mass is 19.4. The van der Waals surface area contributed by atoms with Crippen LogP contribution in [0.25, 0.3) is 0 Å². The van der Waals surface area contributed by atoms with Gasteiger partial charge in [-0.15, -0.1) is 0 Å². The number of aromatic nitrogens is 1. The Morgan fingerprint density at radius 3 is 2.52 bits per heavy atom. The number of halogens is 3. The van der Waals surface area contributed by atoms with Gasteiger partial charge in [0.1, 0.15) is 0 Å². The van der Waals surface area contributed by atoms with Crippen molar-refractivity contribution in [3.05, 3.63) is 65.0 Å². The molecule has 1 aromatic carbocycles. The van der Waals surface area contributed by atoms with E-state index in [2.05, 4.69) is 4.98 Å². The fourth-order valence-corrected chi connectivity index (χ4v) is 4.90. The Hall–Kier alpha value is -2.37. The molecule has 1 aliphatic heterocycles. The van der Waals surface area contributed by atoms with E-state index in [1.54, 1.807) is 12.3 Å². The minimum Gasteiger partial charge on any atom is -0.342 e. The first-order valence-electron chi connectivity index (χ1n) is 11.3. The van der Waals surface area contributed by atoms with Crippen molar-refractivity contribution >= 4 is 5.91 Å². The smallest absolute Gasteiger partial charge is 0.342 e. The Bertz CT molecular complexity index is 888. The van der Waals surface area contributed by atoms with Gasteiger partial charge in [0, 0.05) is 36.8 Å². The van der Waals surface area contributed by atoms with Gasteiger partial charge in [-0.05, 0) is 55.4 Å². The average molecular weight is 431 g/mol. The highest BCUT2D eigenvalue weighted by Gasteiger charge is 2.31. The first-order chi connectivity index (χ1) is 14.9. The van der Waals surface area contributed by atoms with E-state index in [0.717, 1.165) is 68.9 Å². The molecular formula is C25H29F3N2O. The molecule has 3 nitrogen and oxygen atoms in total. The van der Waals surface area contributed by atoms with Gasteiger partial charge >= 0.3 is 6.18 Å². The summed E-state index contributed by atoms with van der Waals surface area (Å²) in [4.78, 5) is 19.6. The van der Waals surface area contributed by atoms with Gasteiger partial charge in [-0.3, -0.25) is 9.78 Å². The lowest BCUT2D eigenvalue weighted by Crippen LogP contribution is -2.43. The topological polar surface area (TPSA) is 33.2 Å². The molecule has 4 rings (SSSR count). The van der Waals surface area contributed by atoms with Crippen molar-refractivity contribution in [1.29, 1.82) is 0 Å². The zero-order valence-corrected chi connectivity index (χ0v) is 17.7. The lowest BCUT2D eigenvalue weighted by Gasteiger charge is -2.35. The number of alkyl halides is 3. The normalized spacial score (nSPS) is 20.6. The Morgan fingerprint density at radius 2 is 1.81 bits per heavy atom. The molecule has 0 N–H and O–H groups in total. The van der Waals surface area contributed by atoms with E-state index < -0.39 is 11.7 Å². The molecule has 1 aliphatic carbocycles. The Balaban J connectivity index is 1.39. The maximum atomic E-state index is 12.9. The van der Waals surface area contributed by atoms with E-state index >= 15 is 0 Å². The number of rotatable bonds is 4. The molecule has 2 aromatic rings. The van der Waals surface area contributed by atoms with Gasteiger partial charge in [0.15, 0.2) is 0 Å². The zero-order chi connectivity index (χ0) is 21.8. The number of piperidine rings is 1. The second kappa shape index (κ2) is 9.41. The van der Waals surface area contributed by atoms with Crippen LogP contribution in [-0.2, 0) is 17.4 Å². The summed E-state index contributed by atoms with van der Waals surface area (Å²) < 4.78 is 38.8. The van der Waals surface area contributed by atoms with Crippen LogP contribution >= 0.6 is 0 Å². The molecule has 1 saturated carbocycles. The van der Waals surface area contributed by atoms with E-state index in [0.29, 0.717) is 17.9 Å². The minimum atomic E-state index is -4.33. The monoisotopic (exact) mass is 430 g/mol. The minimum absolute atomic E-state index is 0.190. The van der Waals surface area contributed by atoms with Gasteiger partial charge in [0.05, 0.1) is 5.56 Å². The molecule has 1 amide bonds. The van der Waals surface area contributed by atoms with Crippen LogP contribution in [0.3, 0.4) is 0 Å². The van der Waals surface area contributed by atoms with Crippen molar-refractivity contribution < 1.29 is 18.0 Å². The molecular weight excluding hydrogens is 401 g/mol. The molecule has 0 bridgehead atoms. The highest BCUT2D eigenvalue weighted by Crippen LogP contribution is 2.32. The number of amides is 1. The van der Waals surface area contributed by atoms with Crippen molar-refractivity contribution in [1.82, 2.24) is 9.88 Å². The van der Waals surface area contributed by atoms with Crippen LogP contribution in [0.2, 0.25) is 0 Å². The van der Waals surface area contributed by atoms with Crippen molar-refractivity contribution in [3.63, 3.8) is 0 Å². The van der Waals surface area contributed by atoms with Crippen molar-refractivity contribution in [2.75, 3.05) is 13.1 Å². The maximum absolute atomic E-state index is 12.9. The van der Waals surface area contributed by atoms with Crippen LogP contribution in [0.1, 0.15) is 73.2 Å². The largest absolute Gasteiger partial charge is 0.416 e. The Morgan fingerprint density at radius 1 is 1.00 bits per heavy atom. The van der Waals surface area contributed by atoms with Crippen LogP contribution in [0.15, 0.2) is 42.6 Å². The molecule has 31 heavy (non-hydrogen) atoms. The number of pyridine rings is 1. The van der Waals surface area contributed by atoms with Crippen LogP contribution in [0.4, 0.5) is 13.2 Å². The van der Waals surface area contributed by atoms with E-state index in [4.69, 9.17) is 0 Å². The van der Waals surface area contributed by atoms with Gasteiger partial charge in [-0.2, -0.15) is 13.2 Å². The third-order valence-corrected chi connectivity index (χ3v) is 6.62. The lowest BCUT2D eigenvalue weighted by molar-refractivity contribution is -0.138. The highest BCUT2D eigenvalue weighted by molar-refractivity contribution is 5.79. The fraction of sp³-hybridized carbons (Fsp3) is 0.520. The van der Waals surface area contributed by atoms with Crippen LogP contribution < -0.4 is 0 Å². The molecule has 2 heterocycles.